The second-order valence-corrected chi connectivity index (χ2v) is 7.95. The summed E-state index contributed by atoms with van der Waals surface area (Å²) in [7, 11) is 0. The Morgan fingerprint density at radius 2 is 1.75 bits per heavy atom. The number of hydrogen-bond acceptors (Lipinski definition) is 3. The number of halogens is 1. The van der Waals surface area contributed by atoms with Gasteiger partial charge in [0.15, 0.2) is 0 Å². The molecule has 0 saturated carbocycles. The van der Waals surface area contributed by atoms with E-state index in [2.05, 4.69) is 20.9 Å². The minimum atomic E-state index is -0.0959. The molecule has 2 N–H and O–H groups in total. The zero-order valence-electron chi connectivity index (χ0n) is 15.6. The molecular formula is C22H23BrN4O. The quantitative estimate of drug-likeness (QED) is 0.655. The maximum atomic E-state index is 13.4. The predicted molar refractivity (Wildman–Crippen MR) is 118 cm³/mol. The lowest BCUT2D eigenvalue weighted by molar-refractivity contribution is 0.601. The van der Waals surface area contributed by atoms with Crippen LogP contribution in [0.15, 0.2) is 68.9 Å². The average molecular weight is 439 g/mol. The third-order valence-corrected chi connectivity index (χ3v) is 5.62. The van der Waals surface area contributed by atoms with E-state index in [1.54, 1.807) is 4.68 Å². The van der Waals surface area contributed by atoms with Crippen LogP contribution in [0.5, 0.6) is 0 Å². The van der Waals surface area contributed by atoms with Gasteiger partial charge >= 0.3 is 0 Å². The minimum absolute atomic E-state index is 0.0959. The van der Waals surface area contributed by atoms with Gasteiger partial charge in [0.1, 0.15) is 11.4 Å². The zero-order valence-corrected chi connectivity index (χ0v) is 17.2. The Morgan fingerprint density at radius 1 is 1.00 bits per heavy atom. The SMILES string of the molecule is Nc1c(C2=NCCCCC2)c(=O)n(-c2ccccc2)n1Cc1ccc(Br)cc1. The molecule has 4 rings (SSSR count). The van der Waals surface area contributed by atoms with Crippen LogP contribution in [0.1, 0.15) is 36.8 Å². The van der Waals surface area contributed by atoms with Gasteiger partial charge in [0.05, 0.1) is 17.9 Å². The fourth-order valence-corrected chi connectivity index (χ4v) is 3.92. The molecule has 2 aromatic carbocycles. The van der Waals surface area contributed by atoms with Gasteiger partial charge in [-0.1, -0.05) is 52.7 Å². The number of nitrogens with two attached hydrogens (primary N) is 1. The van der Waals surface area contributed by atoms with Crippen LogP contribution in [0, 0.1) is 0 Å². The van der Waals surface area contributed by atoms with Gasteiger partial charge in [-0.3, -0.25) is 14.5 Å². The molecule has 2 heterocycles. The lowest BCUT2D eigenvalue weighted by atomic mass is 10.1. The number of hydrogen-bond donors (Lipinski definition) is 1. The Balaban J connectivity index is 1.87. The number of aliphatic imine (C=N–C) groups is 1. The van der Waals surface area contributed by atoms with Crippen LogP contribution in [0.2, 0.25) is 0 Å². The van der Waals surface area contributed by atoms with Crippen molar-refractivity contribution in [3.05, 3.63) is 80.6 Å². The first kappa shape index (κ1) is 18.7. The highest BCUT2D eigenvalue weighted by Crippen LogP contribution is 2.21. The lowest BCUT2D eigenvalue weighted by Crippen LogP contribution is -2.24. The maximum absolute atomic E-state index is 13.4. The average Bonchev–Trinajstić information content (AvgIpc) is 2.88. The molecule has 0 atom stereocenters. The van der Waals surface area contributed by atoms with E-state index in [-0.39, 0.29) is 5.56 Å². The number of para-hydroxylation sites is 1. The number of nitrogen functional groups attached to an aromatic ring is 1. The zero-order chi connectivity index (χ0) is 19.5. The monoisotopic (exact) mass is 438 g/mol. The second kappa shape index (κ2) is 8.19. The largest absolute Gasteiger partial charge is 0.383 e. The van der Waals surface area contributed by atoms with Gasteiger partial charge in [-0.05, 0) is 49.1 Å². The summed E-state index contributed by atoms with van der Waals surface area (Å²) < 4.78 is 4.56. The summed E-state index contributed by atoms with van der Waals surface area (Å²) in [4.78, 5) is 18.1. The van der Waals surface area contributed by atoms with Crippen molar-refractivity contribution in [3.8, 4) is 5.69 Å². The van der Waals surface area contributed by atoms with Crippen LogP contribution in [0.4, 0.5) is 5.82 Å². The molecule has 0 unspecified atom stereocenters. The van der Waals surface area contributed by atoms with Crippen molar-refractivity contribution >= 4 is 27.5 Å². The molecule has 1 aromatic heterocycles. The van der Waals surface area contributed by atoms with Crippen molar-refractivity contribution < 1.29 is 0 Å². The van der Waals surface area contributed by atoms with E-state index in [0.717, 1.165) is 53.7 Å². The van der Waals surface area contributed by atoms with Crippen LogP contribution in [-0.4, -0.2) is 21.6 Å². The molecule has 28 heavy (non-hydrogen) atoms. The normalized spacial score (nSPS) is 14.5. The van der Waals surface area contributed by atoms with Crippen LogP contribution in [0.25, 0.3) is 5.69 Å². The van der Waals surface area contributed by atoms with Crippen LogP contribution < -0.4 is 11.3 Å². The molecule has 0 amide bonds. The van der Waals surface area contributed by atoms with E-state index in [4.69, 9.17) is 5.73 Å². The van der Waals surface area contributed by atoms with Gasteiger partial charge in [-0.15, -0.1) is 0 Å². The van der Waals surface area contributed by atoms with Gasteiger partial charge in [0.2, 0.25) is 0 Å². The van der Waals surface area contributed by atoms with Crippen molar-refractivity contribution in [2.45, 2.75) is 32.2 Å². The first-order valence-corrected chi connectivity index (χ1v) is 10.4. The molecule has 5 nitrogen and oxygen atoms in total. The Bertz CT molecular complexity index is 1050. The van der Waals surface area contributed by atoms with Crippen molar-refractivity contribution in [2.75, 3.05) is 12.3 Å². The number of nitrogens with zero attached hydrogens (tertiary/aromatic N) is 3. The van der Waals surface area contributed by atoms with Crippen LogP contribution in [-0.2, 0) is 6.54 Å². The molecule has 0 spiro atoms. The van der Waals surface area contributed by atoms with Crippen molar-refractivity contribution in [1.29, 1.82) is 0 Å². The Morgan fingerprint density at radius 3 is 2.50 bits per heavy atom. The second-order valence-electron chi connectivity index (χ2n) is 7.04. The van der Waals surface area contributed by atoms with E-state index in [1.165, 1.54) is 0 Å². The standard InChI is InChI=1S/C22H23BrN4O/c23-17-12-10-16(11-13-17)15-26-21(24)20(19-9-5-2-6-14-25-19)22(28)27(26)18-7-3-1-4-8-18/h1,3-4,7-8,10-13H,2,5-6,9,14-15,24H2. The topological polar surface area (TPSA) is 65.3 Å². The predicted octanol–water partition coefficient (Wildman–Crippen LogP) is 4.40. The molecule has 0 bridgehead atoms. The highest BCUT2D eigenvalue weighted by molar-refractivity contribution is 9.10. The van der Waals surface area contributed by atoms with Gasteiger partial charge < -0.3 is 5.73 Å². The molecule has 3 aromatic rings. The summed E-state index contributed by atoms with van der Waals surface area (Å²) in [6, 6.07) is 17.7. The van der Waals surface area contributed by atoms with E-state index < -0.39 is 0 Å². The summed E-state index contributed by atoms with van der Waals surface area (Å²) in [5, 5.41) is 0. The first-order chi connectivity index (χ1) is 13.6. The highest BCUT2D eigenvalue weighted by atomic mass is 79.9. The van der Waals surface area contributed by atoms with E-state index in [0.29, 0.717) is 17.9 Å². The summed E-state index contributed by atoms with van der Waals surface area (Å²) in [5.41, 5.74) is 9.74. The van der Waals surface area contributed by atoms with Gasteiger partial charge in [-0.25, -0.2) is 4.68 Å². The van der Waals surface area contributed by atoms with E-state index in [9.17, 15) is 4.79 Å². The molecule has 6 heteroatoms. The Hall–Kier alpha value is -2.60. The summed E-state index contributed by atoms with van der Waals surface area (Å²) in [6.07, 6.45) is 4.05. The van der Waals surface area contributed by atoms with Crippen molar-refractivity contribution in [3.63, 3.8) is 0 Å². The molecular weight excluding hydrogens is 416 g/mol. The Kier molecular flexibility index (Phi) is 5.48. The lowest BCUT2D eigenvalue weighted by Gasteiger charge is -2.13. The van der Waals surface area contributed by atoms with Gasteiger partial charge in [-0.2, -0.15) is 0 Å². The third kappa shape index (κ3) is 3.69. The first-order valence-electron chi connectivity index (χ1n) is 9.60. The number of aromatic nitrogens is 2. The molecule has 144 valence electrons. The van der Waals surface area contributed by atoms with Crippen molar-refractivity contribution in [2.24, 2.45) is 4.99 Å². The fraction of sp³-hybridized carbons (Fsp3) is 0.273. The van der Waals surface area contributed by atoms with Gasteiger partial charge in [0, 0.05) is 11.0 Å². The molecule has 0 fully saturated rings. The molecule has 1 aliphatic heterocycles. The van der Waals surface area contributed by atoms with E-state index >= 15 is 0 Å². The minimum Gasteiger partial charge on any atom is -0.383 e. The van der Waals surface area contributed by atoms with Crippen LogP contribution >= 0.6 is 15.9 Å². The highest BCUT2D eigenvalue weighted by Gasteiger charge is 2.23. The summed E-state index contributed by atoms with van der Waals surface area (Å²) in [5.74, 6) is 0.484. The van der Waals surface area contributed by atoms with Crippen molar-refractivity contribution in [1.82, 2.24) is 9.36 Å². The molecule has 0 radical (unpaired) electrons. The maximum Gasteiger partial charge on any atom is 0.282 e. The molecule has 0 aliphatic carbocycles. The molecule has 1 aliphatic rings. The smallest absolute Gasteiger partial charge is 0.282 e. The number of benzene rings is 2. The number of anilines is 1. The number of rotatable bonds is 4. The molecule has 0 saturated heterocycles. The third-order valence-electron chi connectivity index (χ3n) is 5.09. The van der Waals surface area contributed by atoms with Crippen LogP contribution in [0.3, 0.4) is 0 Å². The summed E-state index contributed by atoms with van der Waals surface area (Å²) in [6.45, 7) is 1.27. The summed E-state index contributed by atoms with van der Waals surface area (Å²) >= 11 is 3.47. The van der Waals surface area contributed by atoms with E-state index in [1.807, 2.05) is 59.3 Å². The van der Waals surface area contributed by atoms with Gasteiger partial charge in [0.25, 0.3) is 5.56 Å². The fourth-order valence-electron chi connectivity index (χ4n) is 3.66. The Labute approximate surface area is 172 Å².